The number of nitrogens with one attached hydrogen (secondary N) is 1. The van der Waals surface area contributed by atoms with Crippen molar-refractivity contribution in [2.45, 2.75) is 30.7 Å². The highest BCUT2D eigenvalue weighted by atomic mass is 35.5. The molecule has 0 saturated carbocycles. The van der Waals surface area contributed by atoms with Crippen LogP contribution in [0.5, 0.6) is 11.5 Å². The Labute approximate surface area is 188 Å². The van der Waals surface area contributed by atoms with Crippen molar-refractivity contribution in [2.24, 2.45) is 5.92 Å². The van der Waals surface area contributed by atoms with Gasteiger partial charge in [0.05, 0.1) is 30.2 Å². The fourth-order valence-electron chi connectivity index (χ4n) is 3.62. The SMILES string of the molecule is COc1ccc([C@H](C)NC(=O)C2CCN(S(=O)(=O)c3ccc(OC)c(Cl)c3)CC2)cc1. The summed E-state index contributed by atoms with van der Waals surface area (Å²) in [5.41, 5.74) is 0.977. The van der Waals surface area contributed by atoms with Crippen LogP contribution in [-0.4, -0.2) is 45.9 Å². The van der Waals surface area contributed by atoms with Crippen molar-refractivity contribution in [3.8, 4) is 11.5 Å². The molecule has 0 radical (unpaired) electrons. The maximum absolute atomic E-state index is 12.9. The Morgan fingerprint density at radius 2 is 1.74 bits per heavy atom. The van der Waals surface area contributed by atoms with Crippen molar-refractivity contribution < 1.29 is 22.7 Å². The quantitative estimate of drug-likeness (QED) is 0.673. The van der Waals surface area contributed by atoms with E-state index >= 15 is 0 Å². The molecule has 2 aromatic rings. The fraction of sp³-hybridized carbons (Fsp3) is 0.409. The summed E-state index contributed by atoms with van der Waals surface area (Å²) in [4.78, 5) is 12.8. The van der Waals surface area contributed by atoms with Gasteiger partial charge in [-0.3, -0.25) is 4.79 Å². The van der Waals surface area contributed by atoms with E-state index in [4.69, 9.17) is 21.1 Å². The Bertz CT molecular complexity index is 1020. The summed E-state index contributed by atoms with van der Waals surface area (Å²) >= 11 is 6.09. The molecular formula is C22H27ClN2O5S. The van der Waals surface area contributed by atoms with Crippen LogP contribution in [0.4, 0.5) is 0 Å². The maximum Gasteiger partial charge on any atom is 0.243 e. The zero-order valence-electron chi connectivity index (χ0n) is 17.8. The van der Waals surface area contributed by atoms with Gasteiger partial charge in [0.15, 0.2) is 0 Å². The summed E-state index contributed by atoms with van der Waals surface area (Å²) in [7, 11) is -0.601. The van der Waals surface area contributed by atoms with E-state index in [1.807, 2.05) is 31.2 Å². The fourth-order valence-corrected chi connectivity index (χ4v) is 5.44. The van der Waals surface area contributed by atoms with Crippen molar-refractivity contribution in [2.75, 3.05) is 27.3 Å². The van der Waals surface area contributed by atoms with Gasteiger partial charge in [-0.05, 0) is 55.7 Å². The van der Waals surface area contributed by atoms with Crippen LogP contribution in [0.15, 0.2) is 47.4 Å². The highest BCUT2D eigenvalue weighted by Crippen LogP contribution is 2.30. The second-order valence-electron chi connectivity index (χ2n) is 7.48. The Morgan fingerprint density at radius 1 is 1.10 bits per heavy atom. The predicted molar refractivity (Wildman–Crippen MR) is 119 cm³/mol. The van der Waals surface area contributed by atoms with E-state index in [1.165, 1.54) is 29.6 Å². The van der Waals surface area contributed by atoms with Gasteiger partial charge in [-0.15, -0.1) is 0 Å². The number of nitrogens with zero attached hydrogens (tertiary/aromatic N) is 1. The summed E-state index contributed by atoms with van der Waals surface area (Å²) in [6, 6.07) is 11.8. The molecule has 3 rings (SSSR count). The molecule has 0 aliphatic carbocycles. The normalized spacial score (nSPS) is 16.5. The van der Waals surface area contributed by atoms with Gasteiger partial charge in [-0.1, -0.05) is 23.7 Å². The molecule has 1 fully saturated rings. The molecule has 0 unspecified atom stereocenters. The van der Waals surface area contributed by atoms with Gasteiger partial charge in [-0.25, -0.2) is 8.42 Å². The first-order valence-corrected chi connectivity index (χ1v) is 11.9. The molecule has 2 aromatic carbocycles. The molecule has 31 heavy (non-hydrogen) atoms. The van der Waals surface area contributed by atoms with Gasteiger partial charge >= 0.3 is 0 Å². The van der Waals surface area contributed by atoms with E-state index in [-0.39, 0.29) is 40.9 Å². The molecule has 168 valence electrons. The number of hydrogen-bond acceptors (Lipinski definition) is 5. The van der Waals surface area contributed by atoms with E-state index in [0.717, 1.165) is 11.3 Å². The number of amides is 1. The highest BCUT2D eigenvalue weighted by Gasteiger charge is 2.32. The molecular weight excluding hydrogens is 440 g/mol. The number of carbonyl (C=O) groups excluding carboxylic acids is 1. The lowest BCUT2D eigenvalue weighted by atomic mass is 9.96. The molecule has 1 atom stereocenters. The Balaban J connectivity index is 1.59. The number of rotatable bonds is 7. The van der Waals surface area contributed by atoms with Crippen LogP contribution in [0.2, 0.25) is 5.02 Å². The van der Waals surface area contributed by atoms with Gasteiger partial charge in [0.25, 0.3) is 0 Å². The van der Waals surface area contributed by atoms with Crippen molar-refractivity contribution in [1.82, 2.24) is 9.62 Å². The van der Waals surface area contributed by atoms with Gasteiger partial charge in [0, 0.05) is 19.0 Å². The highest BCUT2D eigenvalue weighted by molar-refractivity contribution is 7.89. The second kappa shape index (κ2) is 9.89. The van der Waals surface area contributed by atoms with E-state index in [2.05, 4.69) is 5.32 Å². The first-order chi connectivity index (χ1) is 14.8. The Kier molecular flexibility index (Phi) is 7.46. The number of methoxy groups -OCH3 is 2. The molecule has 1 saturated heterocycles. The van der Waals surface area contributed by atoms with Crippen LogP contribution >= 0.6 is 11.6 Å². The van der Waals surface area contributed by atoms with Crippen LogP contribution in [0.25, 0.3) is 0 Å². The minimum absolute atomic E-state index is 0.0622. The van der Waals surface area contributed by atoms with Crippen molar-refractivity contribution in [3.05, 3.63) is 53.1 Å². The van der Waals surface area contributed by atoms with Crippen LogP contribution < -0.4 is 14.8 Å². The summed E-state index contributed by atoms with van der Waals surface area (Å²) < 4.78 is 37.5. The van der Waals surface area contributed by atoms with E-state index in [9.17, 15) is 13.2 Å². The molecule has 1 aliphatic heterocycles. The first kappa shape index (κ1) is 23.4. The minimum Gasteiger partial charge on any atom is -0.497 e. The average molecular weight is 467 g/mol. The molecule has 0 aromatic heterocycles. The summed E-state index contributed by atoms with van der Waals surface area (Å²) in [5.74, 6) is 0.885. The number of halogens is 1. The van der Waals surface area contributed by atoms with Crippen molar-refractivity contribution in [1.29, 1.82) is 0 Å². The summed E-state index contributed by atoms with van der Waals surface area (Å²) in [5, 5.41) is 3.27. The number of ether oxygens (including phenoxy) is 2. The lowest BCUT2D eigenvalue weighted by Crippen LogP contribution is -2.43. The topological polar surface area (TPSA) is 84.9 Å². The number of benzene rings is 2. The third-order valence-corrected chi connectivity index (χ3v) is 7.75. The summed E-state index contributed by atoms with van der Waals surface area (Å²) in [6.07, 6.45) is 0.925. The zero-order valence-corrected chi connectivity index (χ0v) is 19.4. The van der Waals surface area contributed by atoms with E-state index in [1.54, 1.807) is 7.11 Å². The van der Waals surface area contributed by atoms with Gasteiger partial charge in [0.2, 0.25) is 15.9 Å². The third-order valence-electron chi connectivity index (χ3n) is 5.56. The molecule has 1 heterocycles. The molecule has 1 N–H and O–H groups in total. The number of piperidine rings is 1. The first-order valence-electron chi connectivity index (χ1n) is 10.0. The molecule has 0 spiro atoms. The third kappa shape index (κ3) is 5.31. The number of hydrogen-bond donors (Lipinski definition) is 1. The van der Waals surface area contributed by atoms with Gasteiger partial charge in [0.1, 0.15) is 11.5 Å². The van der Waals surface area contributed by atoms with Crippen LogP contribution in [0.3, 0.4) is 0 Å². The van der Waals surface area contributed by atoms with Gasteiger partial charge < -0.3 is 14.8 Å². The number of sulfonamides is 1. The Hall–Kier alpha value is -2.29. The van der Waals surface area contributed by atoms with Crippen LogP contribution in [0, 0.1) is 5.92 Å². The minimum atomic E-state index is -3.68. The van der Waals surface area contributed by atoms with Crippen LogP contribution in [-0.2, 0) is 14.8 Å². The van der Waals surface area contributed by atoms with E-state index < -0.39 is 10.0 Å². The number of carbonyl (C=O) groups is 1. The largest absolute Gasteiger partial charge is 0.497 e. The monoisotopic (exact) mass is 466 g/mol. The predicted octanol–water partition coefficient (Wildman–Crippen LogP) is 3.64. The Morgan fingerprint density at radius 3 is 2.29 bits per heavy atom. The maximum atomic E-state index is 12.9. The zero-order chi connectivity index (χ0) is 22.6. The standard InChI is InChI=1S/C22H27ClN2O5S/c1-15(16-4-6-18(29-2)7-5-16)24-22(26)17-10-12-25(13-11-17)31(27,28)19-8-9-21(30-3)20(23)14-19/h4-9,14-15,17H,10-13H2,1-3H3,(H,24,26)/t15-/m0/s1. The molecule has 0 bridgehead atoms. The van der Waals surface area contributed by atoms with Crippen molar-refractivity contribution in [3.63, 3.8) is 0 Å². The lowest BCUT2D eigenvalue weighted by molar-refractivity contribution is -0.126. The van der Waals surface area contributed by atoms with Crippen molar-refractivity contribution >= 4 is 27.5 Å². The van der Waals surface area contributed by atoms with Gasteiger partial charge in [-0.2, -0.15) is 4.31 Å². The smallest absolute Gasteiger partial charge is 0.243 e. The van der Waals surface area contributed by atoms with E-state index in [0.29, 0.717) is 18.6 Å². The molecule has 9 heteroatoms. The second-order valence-corrected chi connectivity index (χ2v) is 9.82. The van der Waals surface area contributed by atoms with Crippen LogP contribution in [0.1, 0.15) is 31.4 Å². The molecule has 1 aliphatic rings. The lowest BCUT2D eigenvalue weighted by Gasteiger charge is -2.31. The summed E-state index contributed by atoms with van der Waals surface area (Å²) in [6.45, 7) is 2.48. The average Bonchev–Trinajstić information content (AvgIpc) is 2.79. The molecule has 7 nitrogen and oxygen atoms in total. The molecule has 1 amide bonds.